The first-order valence-corrected chi connectivity index (χ1v) is 8.99. The van der Waals surface area contributed by atoms with Crippen LogP contribution in [0.3, 0.4) is 0 Å². The van der Waals surface area contributed by atoms with E-state index in [1.807, 2.05) is 55.4 Å². The van der Waals surface area contributed by atoms with Gasteiger partial charge in [-0.15, -0.1) is 0 Å². The summed E-state index contributed by atoms with van der Waals surface area (Å²) in [4.78, 5) is 17.1. The molecule has 1 heterocycles. The van der Waals surface area contributed by atoms with Crippen molar-refractivity contribution in [1.82, 2.24) is 9.80 Å². The molecule has 5 nitrogen and oxygen atoms in total. The Morgan fingerprint density at radius 3 is 2.50 bits per heavy atom. The van der Waals surface area contributed by atoms with Crippen LogP contribution >= 0.6 is 11.6 Å². The van der Waals surface area contributed by atoms with Crippen LogP contribution in [0.15, 0.2) is 42.5 Å². The summed E-state index contributed by atoms with van der Waals surface area (Å²) in [6, 6.07) is 13.0. The van der Waals surface area contributed by atoms with Crippen molar-refractivity contribution in [3.05, 3.63) is 58.6 Å². The van der Waals surface area contributed by atoms with E-state index in [-0.39, 0.29) is 5.91 Å². The standard InChI is InChI=1S/C20H23ClN2O3/c1-22(2)10-11-23(14-15-6-8-16(21)9-7-15)20(24)17-4-3-5-18-19(17)26-13-12-25-18/h3-9H,10-14H2,1-2H3. The molecular weight excluding hydrogens is 352 g/mol. The third-order valence-electron chi connectivity index (χ3n) is 4.19. The number of fused-ring (bicyclic) bond motifs is 1. The second kappa shape index (κ2) is 8.43. The summed E-state index contributed by atoms with van der Waals surface area (Å²) in [5, 5.41) is 0.683. The molecule has 1 aliphatic heterocycles. The molecule has 0 saturated heterocycles. The molecule has 2 aromatic carbocycles. The quantitative estimate of drug-likeness (QED) is 0.778. The predicted octanol–water partition coefficient (Wildman–Crippen LogP) is 3.32. The molecule has 0 atom stereocenters. The molecule has 3 rings (SSSR count). The number of hydrogen-bond acceptors (Lipinski definition) is 4. The highest BCUT2D eigenvalue weighted by molar-refractivity contribution is 6.30. The Morgan fingerprint density at radius 2 is 1.77 bits per heavy atom. The fraction of sp³-hybridized carbons (Fsp3) is 0.350. The van der Waals surface area contributed by atoms with Gasteiger partial charge in [-0.2, -0.15) is 0 Å². The summed E-state index contributed by atoms with van der Waals surface area (Å²) in [7, 11) is 3.98. The van der Waals surface area contributed by atoms with Crippen LogP contribution in [0.5, 0.6) is 11.5 Å². The Bertz CT molecular complexity index is 762. The molecular formula is C20H23ClN2O3. The molecule has 0 N–H and O–H groups in total. The van der Waals surface area contributed by atoms with Gasteiger partial charge in [-0.25, -0.2) is 0 Å². The van der Waals surface area contributed by atoms with E-state index in [9.17, 15) is 4.79 Å². The van der Waals surface area contributed by atoms with E-state index >= 15 is 0 Å². The molecule has 0 aromatic heterocycles. The number of rotatable bonds is 6. The van der Waals surface area contributed by atoms with E-state index in [0.29, 0.717) is 48.4 Å². The molecule has 0 fully saturated rings. The van der Waals surface area contributed by atoms with Crippen LogP contribution in [-0.2, 0) is 6.54 Å². The zero-order chi connectivity index (χ0) is 18.5. The first kappa shape index (κ1) is 18.5. The molecule has 1 aliphatic rings. The number of halogens is 1. The van der Waals surface area contributed by atoms with Gasteiger partial charge in [0.15, 0.2) is 11.5 Å². The minimum Gasteiger partial charge on any atom is -0.486 e. The van der Waals surface area contributed by atoms with Gasteiger partial charge in [0.05, 0.1) is 5.56 Å². The third kappa shape index (κ3) is 4.48. The maximum atomic E-state index is 13.2. The van der Waals surface area contributed by atoms with E-state index < -0.39 is 0 Å². The van der Waals surface area contributed by atoms with E-state index in [0.717, 1.165) is 12.1 Å². The first-order chi connectivity index (χ1) is 12.5. The van der Waals surface area contributed by atoms with E-state index in [1.54, 1.807) is 6.07 Å². The Hall–Kier alpha value is -2.24. The zero-order valence-electron chi connectivity index (χ0n) is 15.1. The zero-order valence-corrected chi connectivity index (χ0v) is 15.8. The fourth-order valence-corrected chi connectivity index (χ4v) is 2.92. The minimum atomic E-state index is -0.0656. The second-order valence-corrected chi connectivity index (χ2v) is 6.92. The number of hydrogen-bond donors (Lipinski definition) is 0. The Labute approximate surface area is 159 Å². The van der Waals surface area contributed by atoms with Gasteiger partial charge in [-0.3, -0.25) is 4.79 Å². The number of carbonyl (C=O) groups is 1. The van der Waals surface area contributed by atoms with Crippen molar-refractivity contribution in [3.63, 3.8) is 0 Å². The summed E-state index contributed by atoms with van der Waals surface area (Å²) in [5.41, 5.74) is 1.57. The maximum absolute atomic E-state index is 13.2. The van der Waals surface area contributed by atoms with Crippen molar-refractivity contribution in [1.29, 1.82) is 0 Å². The average Bonchev–Trinajstić information content (AvgIpc) is 2.65. The highest BCUT2D eigenvalue weighted by atomic mass is 35.5. The minimum absolute atomic E-state index is 0.0656. The van der Waals surface area contributed by atoms with Crippen LogP contribution in [-0.4, -0.2) is 56.1 Å². The second-order valence-electron chi connectivity index (χ2n) is 6.49. The van der Waals surface area contributed by atoms with E-state index in [1.165, 1.54) is 0 Å². The number of ether oxygens (including phenoxy) is 2. The maximum Gasteiger partial charge on any atom is 0.258 e. The van der Waals surface area contributed by atoms with Crippen LogP contribution in [0.1, 0.15) is 15.9 Å². The number of para-hydroxylation sites is 1. The highest BCUT2D eigenvalue weighted by Gasteiger charge is 2.24. The average molecular weight is 375 g/mol. The predicted molar refractivity (Wildman–Crippen MR) is 102 cm³/mol. The van der Waals surface area contributed by atoms with Crippen LogP contribution in [0.4, 0.5) is 0 Å². The Kier molecular flexibility index (Phi) is 6.01. The lowest BCUT2D eigenvalue weighted by Crippen LogP contribution is -2.36. The molecule has 0 saturated carbocycles. The number of likely N-dealkylation sites (N-methyl/N-ethyl adjacent to an activating group) is 1. The normalized spacial score (nSPS) is 12.9. The lowest BCUT2D eigenvalue weighted by molar-refractivity contribution is 0.0721. The van der Waals surface area contributed by atoms with Crippen LogP contribution < -0.4 is 9.47 Å². The van der Waals surface area contributed by atoms with Gasteiger partial charge in [0.25, 0.3) is 5.91 Å². The van der Waals surface area contributed by atoms with Crippen LogP contribution in [0.25, 0.3) is 0 Å². The van der Waals surface area contributed by atoms with E-state index in [4.69, 9.17) is 21.1 Å². The lowest BCUT2D eigenvalue weighted by atomic mass is 10.1. The molecule has 138 valence electrons. The molecule has 0 bridgehead atoms. The first-order valence-electron chi connectivity index (χ1n) is 8.61. The highest BCUT2D eigenvalue weighted by Crippen LogP contribution is 2.34. The number of carbonyl (C=O) groups excluding carboxylic acids is 1. The SMILES string of the molecule is CN(C)CCN(Cc1ccc(Cl)cc1)C(=O)c1cccc2c1OCCO2. The summed E-state index contributed by atoms with van der Waals surface area (Å²) in [6.45, 7) is 2.84. The van der Waals surface area contributed by atoms with Crippen LogP contribution in [0, 0.1) is 0 Å². The van der Waals surface area contributed by atoms with Gasteiger partial charge in [-0.1, -0.05) is 29.8 Å². The number of nitrogens with zero attached hydrogens (tertiary/aromatic N) is 2. The molecule has 0 unspecified atom stereocenters. The van der Waals surface area contributed by atoms with Crippen molar-refractivity contribution in [2.24, 2.45) is 0 Å². The molecule has 1 amide bonds. The fourth-order valence-electron chi connectivity index (χ4n) is 2.80. The topological polar surface area (TPSA) is 42.0 Å². The third-order valence-corrected chi connectivity index (χ3v) is 4.44. The number of amides is 1. The number of benzene rings is 2. The summed E-state index contributed by atoms with van der Waals surface area (Å²) < 4.78 is 11.3. The van der Waals surface area contributed by atoms with Crippen molar-refractivity contribution in [2.75, 3.05) is 40.4 Å². The van der Waals surface area contributed by atoms with Gasteiger partial charge in [0.1, 0.15) is 13.2 Å². The van der Waals surface area contributed by atoms with Gasteiger partial charge >= 0.3 is 0 Å². The molecule has 0 radical (unpaired) electrons. The van der Waals surface area contributed by atoms with Crippen molar-refractivity contribution in [2.45, 2.75) is 6.54 Å². The Morgan fingerprint density at radius 1 is 1.04 bits per heavy atom. The largest absolute Gasteiger partial charge is 0.486 e. The lowest BCUT2D eigenvalue weighted by Gasteiger charge is -2.27. The van der Waals surface area contributed by atoms with Crippen molar-refractivity contribution in [3.8, 4) is 11.5 Å². The Balaban J connectivity index is 1.85. The molecule has 6 heteroatoms. The smallest absolute Gasteiger partial charge is 0.258 e. The van der Waals surface area contributed by atoms with Gasteiger partial charge in [0, 0.05) is 24.7 Å². The molecule has 0 spiro atoms. The molecule has 26 heavy (non-hydrogen) atoms. The van der Waals surface area contributed by atoms with Gasteiger partial charge < -0.3 is 19.3 Å². The van der Waals surface area contributed by atoms with Crippen LogP contribution in [0.2, 0.25) is 5.02 Å². The van der Waals surface area contributed by atoms with E-state index in [2.05, 4.69) is 4.90 Å². The van der Waals surface area contributed by atoms with Gasteiger partial charge in [0.2, 0.25) is 0 Å². The molecule has 2 aromatic rings. The summed E-state index contributed by atoms with van der Waals surface area (Å²) in [6.07, 6.45) is 0. The van der Waals surface area contributed by atoms with Crippen molar-refractivity contribution >= 4 is 17.5 Å². The van der Waals surface area contributed by atoms with Crippen molar-refractivity contribution < 1.29 is 14.3 Å². The monoisotopic (exact) mass is 374 g/mol. The summed E-state index contributed by atoms with van der Waals surface area (Å²) in [5.74, 6) is 1.10. The molecule has 0 aliphatic carbocycles. The van der Waals surface area contributed by atoms with Gasteiger partial charge in [-0.05, 0) is 43.9 Å². The summed E-state index contributed by atoms with van der Waals surface area (Å²) >= 11 is 5.97.